The zero-order valence-electron chi connectivity index (χ0n) is 19.4. The molecule has 4 atom stereocenters. The van der Waals surface area contributed by atoms with E-state index in [-0.39, 0.29) is 22.3 Å². The minimum Gasteiger partial charge on any atom is -0.390 e. The highest BCUT2D eigenvalue weighted by Crippen LogP contribution is 2.53. The molecule has 2 aromatic carbocycles. The van der Waals surface area contributed by atoms with E-state index in [9.17, 15) is 5.11 Å². The normalized spacial score (nSPS) is 30.8. The van der Waals surface area contributed by atoms with Crippen molar-refractivity contribution in [3.05, 3.63) is 69.3 Å². The predicted octanol–water partition coefficient (Wildman–Crippen LogP) is 5.25. The van der Waals surface area contributed by atoms with Crippen LogP contribution in [-0.4, -0.2) is 23.9 Å². The summed E-state index contributed by atoms with van der Waals surface area (Å²) < 4.78 is 6.14. The van der Waals surface area contributed by atoms with Crippen molar-refractivity contribution in [2.75, 3.05) is 6.61 Å². The first kappa shape index (κ1) is 20.3. The van der Waals surface area contributed by atoms with Crippen molar-refractivity contribution in [1.29, 1.82) is 0 Å². The zero-order valence-corrected chi connectivity index (χ0v) is 19.4. The first-order chi connectivity index (χ1) is 14.0. The second kappa shape index (κ2) is 6.43. The van der Waals surface area contributed by atoms with Crippen molar-refractivity contribution in [1.82, 2.24) is 0 Å². The Balaban J connectivity index is 1.39. The molecule has 0 saturated carbocycles. The van der Waals surface area contributed by atoms with Crippen LogP contribution in [0.3, 0.4) is 0 Å². The van der Waals surface area contributed by atoms with Crippen molar-refractivity contribution >= 4 is 0 Å². The fourth-order valence-corrected chi connectivity index (χ4v) is 6.37. The maximum Gasteiger partial charge on any atom is 0.0924 e. The van der Waals surface area contributed by atoms with Gasteiger partial charge >= 0.3 is 0 Å². The number of aliphatic hydroxyl groups is 1. The first-order valence-corrected chi connectivity index (χ1v) is 11.5. The van der Waals surface area contributed by atoms with Gasteiger partial charge in [-0.2, -0.15) is 0 Å². The van der Waals surface area contributed by atoms with Gasteiger partial charge in [-0.05, 0) is 78.3 Å². The van der Waals surface area contributed by atoms with Crippen LogP contribution in [0.4, 0.5) is 0 Å². The number of benzene rings is 2. The van der Waals surface area contributed by atoms with Gasteiger partial charge in [0.2, 0.25) is 0 Å². The number of aryl methyl sites for hydroxylation is 2. The largest absolute Gasteiger partial charge is 0.390 e. The van der Waals surface area contributed by atoms with Crippen molar-refractivity contribution in [3.63, 3.8) is 0 Å². The third-order valence-electron chi connectivity index (χ3n) is 8.20. The highest BCUT2D eigenvalue weighted by molar-refractivity contribution is 5.44. The molecule has 1 spiro atoms. The molecule has 4 unspecified atom stereocenters. The summed E-state index contributed by atoms with van der Waals surface area (Å²) in [5, 5.41) is 11.6. The van der Waals surface area contributed by atoms with Crippen LogP contribution in [-0.2, 0) is 35.8 Å². The molecule has 2 aliphatic carbocycles. The standard InChI is InChI=1S/C28H36O2/c1-17-9-18(2)23-15-27(6,12-21(23)10-17)24(29)25-28(16-30-25)13-19-7-8-22(26(3,4)5)11-20(19)14-28/h7-11,24-25,29H,12-16H2,1-6H3. The second-order valence-corrected chi connectivity index (χ2v) is 11.9. The van der Waals surface area contributed by atoms with Crippen LogP contribution >= 0.6 is 0 Å². The maximum atomic E-state index is 11.6. The van der Waals surface area contributed by atoms with E-state index in [0.29, 0.717) is 0 Å². The Hall–Kier alpha value is -1.64. The molecule has 0 radical (unpaired) electrons. The lowest BCUT2D eigenvalue weighted by Gasteiger charge is -2.52. The lowest BCUT2D eigenvalue weighted by molar-refractivity contribution is -0.243. The van der Waals surface area contributed by atoms with Crippen LogP contribution in [0.5, 0.6) is 0 Å². The fourth-order valence-electron chi connectivity index (χ4n) is 6.37. The van der Waals surface area contributed by atoms with Gasteiger partial charge in [0.05, 0.1) is 18.8 Å². The molecule has 1 heterocycles. The SMILES string of the molecule is Cc1cc(C)c2c(c1)CC(C)(C(O)C1OCC13Cc1ccc(C(C)(C)C)cc1C3)C2. The van der Waals surface area contributed by atoms with Gasteiger partial charge in [-0.25, -0.2) is 0 Å². The van der Waals surface area contributed by atoms with E-state index in [2.05, 4.69) is 71.9 Å². The Bertz CT molecular complexity index is 1010. The number of rotatable bonds is 2. The van der Waals surface area contributed by atoms with Gasteiger partial charge in [0.1, 0.15) is 0 Å². The van der Waals surface area contributed by atoms with Gasteiger partial charge in [0.25, 0.3) is 0 Å². The van der Waals surface area contributed by atoms with E-state index in [1.807, 2.05) is 0 Å². The van der Waals surface area contributed by atoms with E-state index >= 15 is 0 Å². The number of ether oxygens (including phenoxy) is 1. The molecule has 1 fully saturated rings. The van der Waals surface area contributed by atoms with Crippen LogP contribution in [0, 0.1) is 24.7 Å². The summed E-state index contributed by atoms with van der Waals surface area (Å²) in [7, 11) is 0. The molecular weight excluding hydrogens is 368 g/mol. The van der Waals surface area contributed by atoms with Gasteiger partial charge in [-0.15, -0.1) is 0 Å². The van der Waals surface area contributed by atoms with E-state index in [1.54, 1.807) is 0 Å². The molecule has 1 saturated heterocycles. The van der Waals surface area contributed by atoms with Crippen LogP contribution in [0.2, 0.25) is 0 Å². The average Bonchev–Trinajstić information content (AvgIpc) is 3.19. The summed E-state index contributed by atoms with van der Waals surface area (Å²) in [5.41, 5.74) is 9.97. The summed E-state index contributed by atoms with van der Waals surface area (Å²) in [6, 6.07) is 11.6. The van der Waals surface area contributed by atoms with E-state index in [0.717, 1.165) is 32.3 Å². The number of hydrogen-bond acceptors (Lipinski definition) is 2. The highest BCUT2D eigenvalue weighted by Gasteiger charge is 2.58. The summed E-state index contributed by atoms with van der Waals surface area (Å²) in [5.74, 6) is 0. The third kappa shape index (κ3) is 2.99. The van der Waals surface area contributed by atoms with E-state index in [1.165, 1.54) is 38.9 Å². The van der Waals surface area contributed by atoms with Crippen LogP contribution in [0.15, 0.2) is 30.3 Å². The van der Waals surface area contributed by atoms with Crippen LogP contribution in [0.1, 0.15) is 66.6 Å². The molecule has 0 aromatic heterocycles. The molecule has 2 aromatic rings. The lowest BCUT2D eigenvalue weighted by atomic mass is 9.66. The minimum absolute atomic E-state index is 0.0660. The Morgan fingerprint density at radius 3 is 2.37 bits per heavy atom. The predicted molar refractivity (Wildman–Crippen MR) is 122 cm³/mol. The summed E-state index contributed by atoms with van der Waals surface area (Å²) >= 11 is 0. The van der Waals surface area contributed by atoms with Crippen molar-refractivity contribution in [2.24, 2.45) is 10.8 Å². The molecule has 1 aliphatic heterocycles. The highest BCUT2D eigenvalue weighted by atomic mass is 16.5. The Labute approximate surface area is 181 Å². The number of fused-ring (bicyclic) bond motifs is 2. The van der Waals surface area contributed by atoms with Crippen molar-refractivity contribution in [2.45, 2.75) is 84.8 Å². The Morgan fingerprint density at radius 2 is 1.70 bits per heavy atom. The first-order valence-electron chi connectivity index (χ1n) is 11.5. The molecular formula is C28H36O2. The third-order valence-corrected chi connectivity index (χ3v) is 8.20. The molecule has 30 heavy (non-hydrogen) atoms. The monoisotopic (exact) mass is 404 g/mol. The average molecular weight is 405 g/mol. The summed E-state index contributed by atoms with van der Waals surface area (Å²) in [6.45, 7) is 14.3. The molecule has 160 valence electrons. The molecule has 3 aliphatic rings. The van der Waals surface area contributed by atoms with Crippen LogP contribution < -0.4 is 0 Å². The Kier molecular flexibility index (Phi) is 4.35. The van der Waals surface area contributed by atoms with Gasteiger partial charge in [0.15, 0.2) is 0 Å². The minimum atomic E-state index is -0.435. The van der Waals surface area contributed by atoms with Crippen molar-refractivity contribution in [3.8, 4) is 0 Å². The molecule has 5 rings (SSSR count). The Morgan fingerprint density at radius 1 is 0.967 bits per heavy atom. The summed E-state index contributed by atoms with van der Waals surface area (Å²) in [6.07, 6.45) is 3.47. The second-order valence-electron chi connectivity index (χ2n) is 11.9. The van der Waals surface area contributed by atoms with Gasteiger partial charge in [-0.1, -0.05) is 63.6 Å². The van der Waals surface area contributed by atoms with Crippen LogP contribution in [0.25, 0.3) is 0 Å². The van der Waals surface area contributed by atoms with E-state index < -0.39 is 6.10 Å². The van der Waals surface area contributed by atoms with Gasteiger partial charge in [-0.3, -0.25) is 0 Å². The van der Waals surface area contributed by atoms with Crippen molar-refractivity contribution < 1.29 is 9.84 Å². The lowest BCUT2D eigenvalue weighted by Crippen LogP contribution is -2.62. The molecule has 2 nitrogen and oxygen atoms in total. The van der Waals surface area contributed by atoms with Gasteiger partial charge in [0, 0.05) is 10.8 Å². The quantitative estimate of drug-likeness (QED) is 0.741. The summed E-state index contributed by atoms with van der Waals surface area (Å²) in [4.78, 5) is 0. The fraction of sp³-hybridized carbons (Fsp3) is 0.571. The zero-order chi connectivity index (χ0) is 21.5. The topological polar surface area (TPSA) is 29.5 Å². The number of aliphatic hydroxyl groups excluding tert-OH is 1. The smallest absolute Gasteiger partial charge is 0.0924 e. The molecule has 1 N–H and O–H groups in total. The number of hydrogen-bond donors (Lipinski definition) is 1. The van der Waals surface area contributed by atoms with Gasteiger partial charge < -0.3 is 9.84 Å². The molecule has 2 heteroatoms. The maximum absolute atomic E-state index is 11.6. The molecule has 0 bridgehead atoms. The van der Waals surface area contributed by atoms with E-state index in [4.69, 9.17) is 4.74 Å². The molecule has 0 amide bonds.